The predicted octanol–water partition coefficient (Wildman–Crippen LogP) is 3.99. The molecule has 1 aromatic rings. The Bertz CT molecular complexity index is 568. The van der Waals surface area contributed by atoms with Gasteiger partial charge in [0, 0.05) is 25.2 Å². The first kappa shape index (κ1) is 17.7. The molecule has 1 aromatic heterocycles. The molecule has 2 heterocycles. The lowest BCUT2D eigenvalue weighted by Gasteiger charge is -2.31. The van der Waals surface area contributed by atoms with Crippen LogP contribution in [0.4, 0.5) is 11.8 Å². The van der Waals surface area contributed by atoms with Crippen LogP contribution in [0.1, 0.15) is 51.9 Å². The van der Waals surface area contributed by atoms with Gasteiger partial charge in [-0.05, 0) is 43.8 Å². The van der Waals surface area contributed by atoms with E-state index in [1.165, 1.54) is 44.9 Å². The number of rotatable bonds is 3. The van der Waals surface area contributed by atoms with E-state index in [9.17, 15) is 0 Å². The van der Waals surface area contributed by atoms with E-state index in [4.69, 9.17) is 23.8 Å². The molecule has 7 heteroatoms. The third-order valence-electron chi connectivity index (χ3n) is 4.95. The average Bonchev–Trinajstić information content (AvgIpc) is 2.55. The number of hydrogen-bond donors (Lipinski definition) is 2. The van der Waals surface area contributed by atoms with Crippen LogP contribution in [0.15, 0.2) is 6.07 Å². The molecule has 0 unspecified atom stereocenters. The quantitative estimate of drug-likeness (QED) is 0.622. The Balaban J connectivity index is 1.61. The number of nitrogens with one attached hydrogen (secondary N) is 2. The van der Waals surface area contributed by atoms with Gasteiger partial charge >= 0.3 is 0 Å². The molecular formula is C17H26ClN5S. The topological polar surface area (TPSA) is 53.1 Å². The van der Waals surface area contributed by atoms with Crippen LogP contribution >= 0.6 is 23.8 Å². The number of anilines is 2. The summed E-state index contributed by atoms with van der Waals surface area (Å²) in [7, 11) is 0. The Morgan fingerprint density at radius 2 is 1.88 bits per heavy atom. The molecule has 0 amide bonds. The van der Waals surface area contributed by atoms with Gasteiger partial charge in [-0.1, -0.05) is 37.8 Å². The maximum absolute atomic E-state index is 6.19. The van der Waals surface area contributed by atoms with Crippen LogP contribution in [0.3, 0.4) is 0 Å². The van der Waals surface area contributed by atoms with Gasteiger partial charge in [0.25, 0.3) is 0 Å². The van der Waals surface area contributed by atoms with E-state index in [-0.39, 0.29) is 0 Å². The molecule has 1 saturated carbocycles. The van der Waals surface area contributed by atoms with Crippen molar-refractivity contribution in [1.82, 2.24) is 15.3 Å². The van der Waals surface area contributed by atoms with Gasteiger partial charge in [-0.15, -0.1) is 0 Å². The van der Waals surface area contributed by atoms with Crippen LogP contribution < -0.4 is 15.5 Å². The second-order valence-electron chi connectivity index (χ2n) is 6.98. The van der Waals surface area contributed by atoms with Gasteiger partial charge < -0.3 is 15.5 Å². The van der Waals surface area contributed by atoms with Gasteiger partial charge in [-0.2, -0.15) is 4.98 Å². The number of halogens is 1. The molecule has 2 fully saturated rings. The minimum absolute atomic E-state index is 0.446. The molecule has 0 spiro atoms. The Labute approximate surface area is 154 Å². The lowest BCUT2D eigenvalue weighted by atomic mass is 9.96. The number of nitrogens with zero attached hydrogens (tertiary/aromatic N) is 3. The van der Waals surface area contributed by atoms with E-state index in [2.05, 4.69) is 32.4 Å². The summed E-state index contributed by atoms with van der Waals surface area (Å²) in [6.45, 7) is 4.32. The molecule has 24 heavy (non-hydrogen) atoms. The van der Waals surface area contributed by atoms with Crippen molar-refractivity contribution in [3.8, 4) is 0 Å². The zero-order chi connectivity index (χ0) is 16.9. The number of aromatic nitrogens is 2. The minimum Gasteiger partial charge on any atom is -0.360 e. The van der Waals surface area contributed by atoms with E-state index < -0.39 is 0 Å². The smallest absolute Gasteiger partial charge is 0.232 e. The van der Waals surface area contributed by atoms with Gasteiger partial charge in [0.15, 0.2) is 5.11 Å². The van der Waals surface area contributed by atoms with Gasteiger partial charge in [-0.3, -0.25) is 0 Å². The normalized spacial score (nSPS) is 20.0. The Hall–Kier alpha value is -1.14. The SMILES string of the molecule is CC1CCN(c2cc(Cl)nc(NC(=S)NC3CCCCC3)n2)CC1. The van der Waals surface area contributed by atoms with Crippen molar-refractivity contribution in [1.29, 1.82) is 0 Å². The first-order valence-corrected chi connectivity index (χ1v) is 9.76. The maximum Gasteiger partial charge on any atom is 0.232 e. The van der Waals surface area contributed by atoms with E-state index in [1.54, 1.807) is 0 Å². The molecule has 0 radical (unpaired) electrons. The summed E-state index contributed by atoms with van der Waals surface area (Å²) in [6.07, 6.45) is 8.59. The summed E-state index contributed by atoms with van der Waals surface area (Å²) in [4.78, 5) is 11.1. The molecule has 0 atom stereocenters. The molecule has 2 N–H and O–H groups in total. The second-order valence-corrected chi connectivity index (χ2v) is 7.77. The molecular weight excluding hydrogens is 342 g/mol. The highest BCUT2D eigenvalue weighted by molar-refractivity contribution is 7.80. The summed E-state index contributed by atoms with van der Waals surface area (Å²) >= 11 is 11.6. The van der Waals surface area contributed by atoms with Crippen LogP contribution in [-0.2, 0) is 0 Å². The van der Waals surface area contributed by atoms with Gasteiger partial charge in [0.05, 0.1) is 0 Å². The number of thiocarbonyl (C=S) groups is 1. The Kier molecular flexibility index (Phi) is 6.11. The van der Waals surface area contributed by atoms with Gasteiger partial charge in [-0.25, -0.2) is 4.98 Å². The molecule has 0 aromatic carbocycles. The summed E-state index contributed by atoms with van der Waals surface area (Å²) in [6, 6.07) is 2.29. The Morgan fingerprint density at radius 1 is 1.17 bits per heavy atom. The summed E-state index contributed by atoms with van der Waals surface area (Å²) in [5.74, 6) is 2.14. The molecule has 1 aliphatic carbocycles. The number of piperidine rings is 1. The summed E-state index contributed by atoms with van der Waals surface area (Å²) < 4.78 is 0. The highest BCUT2D eigenvalue weighted by Gasteiger charge is 2.19. The van der Waals surface area contributed by atoms with E-state index in [0.717, 1.165) is 24.8 Å². The van der Waals surface area contributed by atoms with Crippen molar-refractivity contribution in [3.63, 3.8) is 0 Å². The molecule has 3 rings (SSSR count). The van der Waals surface area contributed by atoms with E-state index >= 15 is 0 Å². The molecule has 132 valence electrons. The first-order valence-electron chi connectivity index (χ1n) is 8.97. The van der Waals surface area contributed by atoms with Crippen molar-refractivity contribution in [3.05, 3.63) is 11.2 Å². The third kappa shape index (κ3) is 4.93. The maximum atomic E-state index is 6.19. The van der Waals surface area contributed by atoms with Crippen LogP contribution in [0, 0.1) is 5.92 Å². The monoisotopic (exact) mass is 367 g/mol. The minimum atomic E-state index is 0.446. The van der Waals surface area contributed by atoms with Crippen molar-refractivity contribution in [2.45, 2.75) is 57.9 Å². The van der Waals surface area contributed by atoms with E-state index in [0.29, 0.717) is 22.3 Å². The molecule has 0 bridgehead atoms. The van der Waals surface area contributed by atoms with Gasteiger partial charge in [0.1, 0.15) is 11.0 Å². The van der Waals surface area contributed by atoms with Crippen LogP contribution in [0.2, 0.25) is 5.15 Å². The molecule has 5 nitrogen and oxygen atoms in total. The van der Waals surface area contributed by atoms with Crippen LogP contribution in [0.5, 0.6) is 0 Å². The lowest BCUT2D eigenvalue weighted by Crippen LogP contribution is -2.39. The fourth-order valence-corrected chi connectivity index (χ4v) is 3.87. The van der Waals surface area contributed by atoms with Crippen molar-refractivity contribution in [2.24, 2.45) is 5.92 Å². The van der Waals surface area contributed by atoms with Crippen molar-refractivity contribution >= 4 is 40.7 Å². The highest BCUT2D eigenvalue weighted by atomic mass is 35.5. The van der Waals surface area contributed by atoms with E-state index in [1.807, 2.05) is 6.07 Å². The van der Waals surface area contributed by atoms with Gasteiger partial charge in [0.2, 0.25) is 5.95 Å². The number of hydrogen-bond acceptors (Lipinski definition) is 4. The molecule has 1 saturated heterocycles. The predicted molar refractivity (Wildman–Crippen MR) is 104 cm³/mol. The first-order chi connectivity index (χ1) is 11.6. The largest absolute Gasteiger partial charge is 0.360 e. The van der Waals surface area contributed by atoms with Crippen LogP contribution in [0.25, 0.3) is 0 Å². The standard InChI is InChI=1S/C17H26ClN5S/c1-12-7-9-23(10-8-12)15-11-14(18)20-16(21-15)22-17(24)19-13-5-3-2-4-6-13/h11-13H,2-10H2,1H3,(H2,19,20,21,22,24). The highest BCUT2D eigenvalue weighted by Crippen LogP contribution is 2.24. The Morgan fingerprint density at radius 3 is 2.58 bits per heavy atom. The fourth-order valence-electron chi connectivity index (χ4n) is 3.43. The summed E-state index contributed by atoms with van der Waals surface area (Å²) in [5, 5.41) is 7.51. The van der Waals surface area contributed by atoms with Crippen molar-refractivity contribution < 1.29 is 0 Å². The van der Waals surface area contributed by atoms with Crippen LogP contribution in [-0.4, -0.2) is 34.2 Å². The summed E-state index contributed by atoms with van der Waals surface area (Å²) in [5.41, 5.74) is 0. The zero-order valence-corrected chi connectivity index (χ0v) is 15.8. The second kappa shape index (κ2) is 8.30. The molecule has 1 aliphatic heterocycles. The zero-order valence-electron chi connectivity index (χ0n) is 14.2. The molecule has 2 aliphatic rings. The third-order valence-corrected chi connectivity index (χ3v) is 5.37. The average molecular weight is 368 g/mol. The van der Waals surface area contributed by atoms with Crippen molar-refractivity contribution in [2.75, 3.05) is 23.3 Å². The fraction of sp³-hybridized carbons (Fsp3) is 0.706. The lowest BCUT2D eigenvalue weighted by molar-refractivity contribution is 0.414.